The Labute approximate surface area is 127 Å². The lowest BCUT2D eigenvalue weighted by atomic mass is 9.81. The average molecular weight is 316 g/mol. The first kappa shape index (κ1) is 15.3. The molecule has 2 atom stereocenters. The second kappa shape index (κ2) is 5.74. The summed E-state index contributed by atoms with van der Waals surface area (Å²) >= 11 is 7.29. The zero-order chi connectivity index (χ0) is 14.9. The van der Waals surface area contributed by atoms with Crippen LogP contribution in [0, 0.1) is 5.41 Å². The van der Waals surface area contributed by atoms with Crippen LogP contribution >= 0.6 is 22.9 Å². The third kappa shape index (κ3) is 2.99. The minimum atomic E-state index is -0.833. The summed E-state index contributed by atoms with van der Waals surface area (Å²) in [5.74, 6) is -1.12. The first-order chi connectivity index (χ1) is 9.33. The van der Waals surface area contributed by atoms with E-state index in [-0.39, 0.29) is 18.4 Å². The molecule has 20 heavy (non-hydrogen) atoms. The van der Waals surface area contributed by atoms with Crippen LogP contribution in [0.1, 0.15) is 37.5 Å². The molecule has 2 heterocycles. The summed E-state index contributed by atoms with van der Waals surface area (Å²) < 4.78 is 0.661. The molecular weight excluding hydrogens is 298 g/mol. The number of aliphatic carboxylic acids is 1. The van der Waals surface area contributed by atoms with Crippen LogP contribution in [0.3, 0.4) is 0 Å². The van der Waals surface area contributed by atoms with Gasteiger partial charge in [0.1, 0.15) is 0 Å². The lowest BCUT2D eigenvalue weighted by Gasteiger charge is -2.38. The van der Waals surface area contributed by atoms with Crippen molar-refractivity contribution in [2.24, 2.45) is 5.41 Å². The molecule has 0 aromatic carbocycles. The number of piperidine rings is 1. The fourth-order valence-electron chi connectivity index (χ4n) is 2.56. The molecule has 0 aliphatic carbocycles. The molecule has 0 bridgehead atoms. The number of amides is 1. The summed E-state index contributed by atoms with van der Waals surface area (Å²) in [4.78, 5) is 26.4. The van der Waals surface area contributed by atoms with Crippen molar-refractivity contribution >= 4 is 34.8 Å². The highest BCUT2D eigenvalue weighted by atomic mass is 35.5. The summed E-state index contributed by atoms with van der Waals surface area (Å²) in [5, 5.41) is 9.30. The van der Waals surface area contributed by atoms with Gasteiger partial charge in [-0.05, 0) is 38.8 Å². The van der Waals surface area contributed by atoms with E-state index in [4.69, 9.17) is 11.6 Å². The van der Waals surface area contributed by atoms with Gasteiger partial charge in [-0.1, -0.05) is 11.6 Å². The zero-order valence-corrected chi connectivity index (χ0v) is 13.1. The van der Waals surface area contributed by atoms with Crippen molar-refractivity contribution in [1.29, 1.82) is 0 Å². The molecule has 2 unspecified atom stereocenters. The molecule has 1 aliphatic rings. The van der Waals surface area contributed by atoms with Crippen LogP contribution in [0.15, 0.2) is 12.1 Å². The fourth-order valence-corrected chi connectivity index (χ4v) is 3.66. The van der Waals surface area contributed by atoms with Crippen molar-refractivity contribution in [1.82, 2.24) is 4.90 Å². The Morgan fingerprint density at radius 1 is 1.50 bits per heavy atom. The zero-order valence-electron chi connectivity index (χ0n) is 11.6. The van der Waals surface area contributed by atoms with Gasteiger partial charge in [-0.2, -0.15) is 0 Å². The predicted octanol–water partition coefficient (Wildman–Crippen LogP) is 3.22. The quantitative estimate of drug-likeness (QED) is 0.931. The molecule has 0 saturated carbocycles. The van der Waals surface area contributed by atoms with Crippen LogP contribution in [0.4, 0.5) is 0 Å². The number of rotatable bonds is 3. The Balaban J connectivity index is 2.11. The lowest BCUT2D eigenvalue weighted by Crippen LogP contribution is -2.49. The predicted molar refractivity (Wildman–Crippen MR) is 79.3 cm³/mol. The van der Waals surface area contributed by atoms with Gasteiger partial charge in [-0.3, -0.25) is 9.59 Å². The molecule has 1 fully saturated rings. The van der Waals surface area contributed by atoms with Gasteiger partial charge in [0.15, 0.2) is 0 Å². The van der Waals surface area contributed by atoms with Crippen LogP contribution in [0.25, 0.3) is 0 Å². The number of likely N-dealkylation sites (tertiary alicyclic amines) is 1. The molecule has 6 heteroatoms. The average Bonchev–Trinajstić information content (AvgIpc) is 2.83. The molecule has 2 rings (SSSR count). The molecule has 0 spiro atoms. The molecule has 1 aromatic rings. The number of carboxylic acid groups (broad SMARTS) is 1. The van der Waals surface area contributed by atoms with Gasteiger partial charge in [-0.25, -0.2) is 0 Å². The second-order valence-corrected chi connectivity index (χ2v) is 7.34. The molecular formula is C14H18ClNO3S. The van der Waals surface area contributed by atoms with Crippen LogP contribution in [-0.4, -0.2) is 35.0 Å². The molecule has 1 aliphatic heterocycles. The normalized spacial score (nSPS) is 24.4. The van der Waals surface area contributed by atoms with Crippen LogP contribution in [0.5, 0.6) is 0 Å². The SMILES string of the molecule is CC(C(=O)N1CCCC(C)(C(=O)O)C1)c1ccc(Cl)s1. The van der Waals surface area contributed by atoms with E-state index in [9.17, 15) is 14.7 Å². The van der Waals surface area contributed by atoms with Gasteiger partial charge in [0.2, 0.25) is 5.91 Å². The lowest BCUT2D eigenvalue weighted by molar-refractivity contribution is -0.153. The number of hydrogen-bond acceptors (Lipinski definition) is 3. The Bertz CT molecular complexity index is 530. The molecule has 1 N–H and O–H groups in total. The van der Waals surface area contributed by atoms with Gasteiger partial charge in [0, 0.05) is 18.0 Å². The van der Waals surface area contributed by atoms with Gasteiger partial charge in [0.05, 0.1) is 15.7 Å². The first-order valence-electron chi connectivity index (χ1n) is 6.61. The number of carbonyl (C=O) groups is 2. The largest absolute Gasteiger partial charge is 0.481 e. The second-order valence-electron chi connectivity index (χ2n) is 5.59. The first-order valence-corrected chi connectivity index (χ1v) is 7.80. The Hall–Kier alpha value is -1.07. The monoisotopic (exact) mass is 315 g/mol. The van der Waals surface area contributed by atoms with E-state index in [1.165, 1.54) is 11.3 Å². The van der Waals surface area contributed by atoms with Crippen molar-refractivity contribution in [3.05, 3.63) is 21.3 Å². The molecule has 110 valence electrons. The number of nitrogens with zero attached hydrogens (tertiary/aromatic N) is 1. The summed E-state index contributed by atoms with van der Waals surface area (Å²) in [6.07, 6.45) is 1.35. The van der Waals surface area contributed by atoms with E-state index >= 15 is 0 Å². The van der Waals surface area contributed by atoms with Crippen LogP contribution < -0.4 is 0 Å². The highest BCUT2D eigenvalue weighted by Crippen LogP contribution is 2.33. The standard InChI is InChI=1S/C14H18ClNO3S/c1-9(10-4-5-11(15)20-10)12(17)16-7-3-6-14(2,8-16)13(18)19/h4-5,9H,3,6-8H2,1-2H3,(H,18,19). The van der Waals surface area contributed by atoms with Gasteiger partial charge < -0.3 is 10.0 Å². The maximum absolute atomic E-state index is 12.5. The minimum absolute atomic E-state index is 0.0179. The molecule has 1 aromatic heterocycles. The number of carboxylic acids is 1. The van der Waals surface area contributed by atoms with E-state index in [0.717, 1.165) is 11.3 Å². The third-order valence-electron chi connectivity index (χ3n) is 3.92. The van der Waals surface area contributed by atoms with E-state index in [1.807, 2.05) is 13.0 Å². The van der Waals surface area contributed by atoms with Crippen molar-refractivity contribution in [3.63, 3.8) is 0 Å². The number of hydrogen-bond donors (Lipinski definition) is 1. The Morgan fingerprint density at radius 2 is 2.20 bits per heavy atom. The molecule has 1 amide bonds. The van der Waals surface area contributed by atoms with Crippen molar-refractivity contribution in [2.45, 2.75) is 32.6 Å². The summed E-state index contributed by atoms with van der Waals surface area (Å²) in [6, 6.07) is 3.64. The van der Waals surface area contributed by atoms with Crippen molar-refractivity contribution < 1.29 is 14.7 Å². The summed E-state index contributed by atoms with van der Waals surface area (Å²) in [6.45, 7) is 4.47. The topological polar surface area (TPSA) is 57.6 Å². The Kier molecular flexibility index (Phi) is 4.39. The molecule has 4 nitrogen and oxygen atoms in total. The highest BCUT2D eigenvalue weighted by molar-refractivity contribution is 7.16. The summed E-state index contributed by atoms with van der Waals surface area (Å²) in [7, 11) is 0. The fraction of sp³-hybridized carbons (Fsp3) is 0.571. The Morgan fingerprint density at radius 3 is 2.75 bits per heavy atom. The van der Waals surface area contributed by atoms with Crippen LogP contribution in [0.2, 0.25) is 4.34 Å². The maximum atomic E-state index is 12.5. The van der Waals surface area contributed by atoms with Gasteiger partial charge in [-0.15, -0.1) is 11.3 Å². The van der Waals surface area contributed by atoms with Crippen molar-refractivity contribution in [3.8, 4) is 0 Å². The van der Waals surface area contributed by atoms with Crippen molar-refractivity contribution in [2.75, 3.05) is 13.1 Å². The van der Waals surface area contributed by atoms with E-state index < -0.39 is 11.4 Å². The maximum Gasteiger partial charge on any atom is 0.311 e. The van der Waals surface area contributed by atoms with E-state index in [1.54, 1.807) is 17.9 Å². The minimum Gasteiger partial charge on any atom is -0.481 e. The highest BCUT2D eigenvalue weighted by Gasteiger charge is 2.40. The van der Waals surface area contributed by atoms with Crippen LogP contribution in [-0.2, 0) is 9.59 Å². The van der Waals surface area contributed by atoms with E-state index in [0.29, 0.717) is 17.3 Å². The summed E-state index contributed by atoms with van der Waals surface area (Å²) in [5.41, 5.74) is -0.833. The smallest absolute Gasteiger partial charge is 0.311 e. The number of thiophene rings is 1. The third-order valence-corrected chi connectivity index (χ3v) is 5.33. The van der Waals surface area contributed by atoms with Gasteiger partial charge >= 0.3 is 5.97 Å². The van der Waals surface area contributed by atoms with E-state index in [2.05, 4.69) is 0 Å². The number of halogens is 1. The van der Waals surface area contributed by atoms with Gasteiger partial charge in [0.25, 0.3) is 0 Å². The number of carbonyl (C=O) groups excluding carboxylic acids is 1. The molecule has 0 radical (unpaired) electrons. The molecule has 1 saturated heterocycles.